The molecule has 7 aromatic rings. The van der Waals surface area contributed by atoms with Gasteiger partial charge in [-0.25, -0.2) is 0 Å². The first-order chi connectivity index (χ1) is 31.1. The van der Waals surface area contributed by atoms with Crippen LogP contribution in [0.2, 0.25) is 0 Å². The average Bonchev–Trinajstić information content (AvgIpc) is 3.26. The number of carbonyl (C=O) groups excluding carboxylic acids is 1. The summed E-state index contributed by atoms with van der Waals surface area (Å²) in [5.41, 5.74) is 3.55. The van der Waals surface area contributed by atoms with Gasteiger partial charge in [0, 0.05) is 38.5 Å². The Kier molecular flexibility index (Phi) is 11.8. The lowest BCUT2D eigenvalue weighted by Gasteiger charge is -2.18. The number of hydrazone groups is 1. The van der Waals surface area contributed by atoms with Gasteiger partial charge >= 0.3 is 0 Å². The number of carbonyl (C=O) groups is 1. The third kappa shape index (κ3) is 9.65. The second kappa shape index (κ2) is 17.2. The van der Waals surface area contributed by atoms with Crippen molar-refractivity contribution in [2.45, 2.75) is 14.7 Å². The third-order valence-electron chi connectivity index (χ3n) is 9.82. The molecule has 0 saturated carbocycles. The topological polar surface area (TPSA) is 320 Å². The Morgan fingerprint density at radius 3 is 1.64 bits per heavy atom. The van der Waals surface area contributed by atoms with Crippen LogP contribution in [-0.2, 0) is 40.5 Å². The number of nitrogens with one attached hydrogen (secondary N) is 2. The van der Waals surface area contributed by atoms with Gasteiger partial charge in [-0.05, 0) is 109 Å². The molecule has 8 rings (SSSR count). The molecular weight excluding hydrogens is 939 g/mol. The molecule has 0 heterocycles. The van der Waals surface area contributed by atoms with Gasteiger partial charge in [0.25, 0.3) is 40.5 Å². The number of anilines is 3. The van der Waals surface area contributed by atoms with Crippen molar-refractivity contribution < 1.29 is 56.7 Å². The summed E-state index contributed by atoms with van der Waals surface area (Å²) in [7, 11) is -19.2. The Hall–Kier alpha value is -7.42. The van der Waals surface area contributed by atoms with E-state index in [1.165, 1.54) is 60.7 Å². The van der Waals surface area contributed by atoms with Crippen LogP contribution >= 0.6 is 0 Å². The van der Waals surface area contributed by atoms with Crippen molar-refractivity contribution in [3.8, 4) is 0 Å². The van der Waals surface area contributed by atoms with E-state index in [9.17, 15) is 56.7 Å². The standard InChI is InChI=1S/C42H29N7O13S4/c50-42-31-12-9-26(43-25-5-2-1-3-6-25)19-24(31)20-40(66(60,61)62)41(42)49-48-39-18-16-37(33-14-11-30(23-35(33)39)65(57,58)59)46-47-38-17-15-36(32-13-10-29(22-34(32)38)64(54,55)56)45-44-27-7-4-8-28(21-27)63(51,52)53/h1-23,43,48H,(H,51,52,53)(H,54,55,56)(H,57,58,59)(H,60,61,62). The number of rotatable bonds is 12. The molecule has 0 aliphatic heterocycles. The highest BCUT2D eigenvalue weighted by Gasteiger charge is 2.33. The van der Waals surface area contributed by atoms with Crippen molar-refractivity contribution in [2.24, 2.45) is 25.6 Å². The molecule has 0 fully saturated rings. The van der Waals surface area contributed by atoms with E-state index in [-0.39, 0.29) is 61.1 Å². The maximum absolute atomic E-state index is 13.8. The molecule has 334 valence electrons. The highest BCUT2D eigenvalue weighted by molar-refractivity contribution is 7.91. The molecule has 24 heteroatoms. The lowest BCUT2D eigenvalue weighted by atomic mass is 9.94. The van der Waals surface area contributed by atoms with Gasteiger partial charge in [-0.3, -0.25) is 28.4 Å². The van der Waals surface area contributed by atoms with Gasteiger partial charge in [0.2, 0.25) is 5.78 Å². The molecule has 0 atom stereocenters. The summed E-state index contributed by atoms with van der Waals surface area (Å²) >= 11 is 0. The predicted octanol–water partition coefficient (Wildman–Crippen LogP) is 9.20. The lowest BCUT2D eigenvalue weighted by Crippen LogP contribution is -2.27. The fourth-order valence-electron chi connectivity index (χ4n) is 6.74. The van der Waals surface area contributed by atoms with E-state index >= 15 is 0 Å². The van der Waals surface area contributed by atoms with Gasteiger partial charge in [0.15, 0.2) is 5.71 Å². The first kappa shape index (κ1) is 45.2. The number of nitrogens with zero attached hydrogens (tertiary/aromatic N) is 5. The van der Waals surface area contributed by atoms with E-state index in [0.29, 0.717) is 11.4 Å². The second-order valence-corrected chi connectivity index (χ2v) is 19.8. The van der Waals surface area contributed by atoms with Gasteiger partial charge in [-0.1, -0.05) is 36.4 Å². The summed E-state index contributed by atoms with van der Waals surface area (Å²) in [5, 5.41) is 24.5. The number of fused-ring (bicyclic) bond motifs is 3. The van der Waals surface area contributed by atoms with Gasteiger partial charge < -0.3 is 5.32 Å². The first-order valence-electron chi connectivity index (χ1n) is 18.7. The van der Waals surface area contributed by atoms with Crippen molar-refractivity contribution >= 4 is 119 Å². The minimum Gasteiger partial charge on any atom is -0.356 e. The molecule has 0 aromatic heterocycles. The smallest absolute Gasteiger partial charge is 0.296 e. The van der Waals surface area contributed by atoms with E-state index < -0.39 is 71.6 Å². The highest BCUT2D eigenvalue weighted by Crippen LogP contribution is 2.39. The third-order valence-corrected chi connectivity index (χ3v) is 13.2. The molecule has 0 unspecified atom stereocenters. The Bertz CT molecular complexity index is 3790. The maximum Gasteiger partial charge on any atom is 0.296 e. The van der Waals surface area contributed by atoms with Crippen LogP contribution in [0.5, 0.6) is 0 Å². The second-order valence-electron chi connectivity index (χ2n) is 14.2. The Morgan fingerprint density at radius 1 is 0.455 bits per heavy atom. The molecule has 1 aliphatic rings. The summed E-state index contributed by atoms with van der Waals surface area (Å²) in [6.45, 7) is 0. The summed E-state index contributed by atoms with van der Waals surface area (Å²) in [6.07, 6.45) is 1.07. The largest absolute Gasteiger partial charge is 0.356 e. The molecule has 7 aromatic carbocycles. The molecule has 0 spiro atoms. The Labute approximate surface area is 374 Å². The molecule has 0 radical (unpaired) electrons. The number of Topliss-reactive ketones (excluding diaryl/α,β-unsaturated/α-hetero) is 1. The zero-order valence-electron chi connectivity index (χ0n) is 33.1. The van der Waals surface area contributed by atoms with Crippen LogP contribution in [0.3, 0.4) is 0 Å². The highest BCUT2D eigenvalue weighted by atomic mass is 32.2. The van der Waals surface area contributed by atoms with E-state index in [1.807, 2.05) is 6.07 Å². The van der Waals surface area contributed by atoms with Crippen molar-refractivity contribution in [1.82, 2.24) is 0 Å². The Balaban J connectivity index is 1.18. The zero-order chi connectivity index (χ0) is 47.2. The van der Waals surface area contributed by atoms with Crippen LogP contribution in [0.1, 0.15) is 15.9 Å². The van der Waals surface area contributed by atoms with Crippen molar-refractivity contribution in [3.63, 3.8) is 0 Å². The first-order valence-corrected chi connectivity index (χ1v) is 24.4. The molecule has 66 heavy (non-hydrogen) atoms. The predicted molar refractivity (Wildman–Crippen MR) is 243 cm³/mol. The van der Waals surface area contributed by atoms with Crippen molar-refractivity contribution in [2.75, 3.05) is 10.7 Å². The lowest BCUT2D eigenvalue weighted by molar-refractivity contribution is 0.106. The van der Waals surface area contributed by atoms with Crippen LogP contribution in [0.15, 0.2) is 179 Å². The normalized spacial score (nSPS) is 14.3. The van der Waals surface area contributed by atoms with Crippen LogP contribution in [0.25, 0.3) is 27.6 Å². The summed E-state index contributed by atoms with van der Waals surface area (Å²) in [6, 6.07) is 30.9. The minimum atomic E-state index is -5.07. The number of hydrogen-bond acceptors (Lipinski definition) is 16. The van der Waals surface area contributed by atoms with E-state index in [2.05, 4.69) is 36.3 Å². The number of allylic oxidation sites excluding steroid dienone is 1. The number of para-hydroxylation sites is 1. The SMILES string of the molecule is O=C1C(=NNc2ccc(N=Nc3ccc(N=Nc4cccc(S(=O)(=O)O)c4)c4ccc(S(=O)(=O)O)cc34)c3ccc(S(=O)(=O)O)cc23)C(S(=O)(=O)O)=Cc2cc(Nc3ccccc3)ccc21. The monoisotopic (exact) mass is 967 g/mol. The molecule has 0 amide bonds. The number of benzene rings is 7. The van der Waals surface area contributed by atoms with E-state index in [4.69, 9.17) is 0 Å². The molecule has 0 saturated heterocycles. The minimum absolute atomic E-state index is 0.0101. The van der Waals surface area contributed by atoms with Crippen molar-refractivity contribution in [1.29, 1.82) is 0 Å². The van der Waals surface area contributed by atoms with E-state index in [0.717, 1.165) is 42.5 Å². The fourth-order valence-corrected chi connectivity index (χ4v) is 8.93. The molecule has 6 N–H and O–H groups in total. The Morgan fingerprint density at radius 2 is 1.02 bits per heavy atom. The van der Waals surface area contributed by atoms with Crippen molar-refractivity contribution in [3.05, 3.63) is 149 Å². The van der Waals surface area contributed by atoms with Crippen LogP contribution in [0, 0.1) is 0 Å². The molecule has 1 aliphatic carbocycles. The fraction of sp³-hybridized carbons (Fsp3) is 0. The van der Waals surface area contributed by atoms with Gasteiger partial charge in [-0.2, -0.15) is 43.9 Å². The molecule has 0 bridgehead atoms. The maximum atomic E-state index is 13.8. The van der Waals surface area contributed by atoms with E-state index in [1.54, 1.807) is 30.3 Å². The van der Waals surface area contributed by atoms with Crippen LogP contribution < -0.4 is 10.7 Å². The van der Waals surface area contributed by atoms with Gasteiger partial charge in [-0.15, -0.1) is 15.3 Å². The summed E-state index contributed by atoms with van der Waals surface area (Å²) < 4.78 is 137. The zero-order valence-corrected chi connectivity index (χ0v) is 36.4. The van der Waals surface area contributed by atoms with Gasteiger partial charge in [0.1, 0.15) is 4.91 Å². The summed E-state index contributed by atoms with van der Waals surface area (Å²) in [4.78, 5) is 11.4. The number of azo groups is 2. The van der Waals surface area contributed by atoms with Gasteiger partial charge in [0.05, 0.1) is 43.1 Å². The van der Waals surface area contributed by atoms with Crippen LogP contribution in [0.4, 0.5) is 39.8 Å². The summed E-state index contributed by atoms with van der Waals surface area (Å²) in [5.74, 6) is -0.879. The molecular formula is C42H29N7O13S4. The number of ketones is 1. The number of hydrogen-bond donors (Lipinski definition) is 6. The van der Waals surface area contributed by atoms with Crippen LogP contribution in [-0.4, -0.2) is 63.4 Å². The quantitative estimate of drug-likeness (QED) is 0.0377. The average molecular weight is 968 g/mol. The molecule has 20 nitrogen and oxygen atoms in total.